The van der Waals surface area contributed by atoms with E-state index in [0.717, 1.165) is 40.9 Å². The fraction of sp³-hybridized carbons (Fsp3) is 0.316. The summed E-state index contributed by atoms with van der Waals surface area (Å²) in [6.07, 6.45) is 1.99. The number of aryl methyl sites for hydroxylation is 2. The largest absolute Gasteiger partial charge is 0.397 e. The molecule has 4 rings (SSSR count). The quantitative estimate of drug-likeness (QED) is 0.760. The van der Waals surface area contributed by atoms with E-state index < -0.39 is 0 Å². The second-order valence-corrected chi connectivity index (χ2v) is 7.50. The number of carbonyl (C=O) groups is 1. The van der Waals surface area contributed by atoms with Crippen molar-refractivity contribution >= 4 is 33.1 Å². The minimum absolute atomic E-state index is 0.00362. The Hall–Kier alpha value is -2.47. The van der Waals surface area contributed by atoms with E-state index in [1.807, 2.05) is 36.9 Å². The van der Waals surface area contributed by atoms with Gasteiger partial charge in [-0.2, -0.15) is 5.10 Å². The number of nitrogens with zero attached hydrogens (tertiary/aromatic N) is 3. The predicted octanol–water partition coefficient (Wildman–Crippen LogP) is 3.87. The molecule has 1 amide bonds. The minimum Gasteiger partial charge on any atom is -0.397 e. The van der Waals surface area contributed by atoms with Crippen LogP contribution in [0.15, 0.2) is 30.3 Å². The molecule has 0 saturated carbocycles. The molecule has 3 aromatic rings. The number of aromatic nitrogens is 2. The SMILES string of the molecule is Cc1nnc2sc(C(=O)N3CCCC3c3ccccc3)c(N)c2c1C. The van der Waals surface area contributed by atoms with Gasteiger partial charge in [0.05, 0.1) is 17.4 Å². The second-order valence-electron chi connectivity index (χ2n) is 6.50. The molecule has 3 heterocycles. The Morgan fingerprint density at radius 1 is 1.24 bits per heavy atom. The topological polar surface area (TPSA) is 72.1 Å². The lowest BCUT2D eigenvalue weighted by Gasteiger charge is -2.24. The molecule has 1 aliphatic heterocycles. The van der Waals surface area contributed by atoms with Crippen molar-refractivity contribution in [1.82, 2.24) is 15.1 Å². The zero-order chi connectivity index (χ0) is 17.6. The van der Waals surface area contributed by atoms with Crippen molar-refractivity contribution < 1.29 is 4.79 Å². The summed E-state index contributed by atoms with van der Waals surface area (Å²) in [5.74, 6) is 0.00362. The maximum Gasteiger partial charge on any atom is 0.266 e. The maximum atomic E-state index is 13.2. The smallest absolute Gasteiger partial charge is 0.266 e. The molecule has 1 aromatic carbocycles. The number of hydrogen-bond donors (Lipinski definition) is 1. The maximum absolute atomic E-state index is 13.2. The van der Waals surface area contributed by atoms with Crippen LogP contribution < -0.4 is 5.73 Å². The molecule has 0 aliphatic carbocycles. The van der Waals surface area contributed by atoms with Crippen molar-refractivity contribution in [2.24, 2.45) is 0 Å². The second kappa shape index (κ2) is 6.11. The summed E-state index contributed by atoms with van der Waals surface area (Å²) >= 11 is 1.35. The van der Waals surface area contributed by atoms with E-state index in [9.17, 15) is 4.79 Å². The summed E-state index contributed by atoms with van der Waals surface area (Å²) in [5, 5.41) is 9.26. The van der Waals surface area contributed by atoms with E-state index in [-0.39, 0.29) is 11.9 Å². The lowest BCUT2D eigenvalue weighted by molar-refractivity contribution is 0.0741. The van der Waals surface area contributed by atoms with Gasteiger partial charge in [-0.1, -0.05) is 30.3 Å². The van der Waals surface area contributed by atoms with Crippen LogP contribution in [0.25, 0.3) is 10.2 Å². The molecule has 2 N–H and O–H groups in total. The summed E-state index contributed by atoms with van der Waals surface area (Å²) in [6, 6.07) is 10.3. The Labute approximate surface area is 150 Å². The Balaban J connectivity index is 1.75. The molecule has 0 radical (unpaired) electrons. The molecule has 0 spiro atoms. The monoisotopic (exact) mass is 352 g/mol. The van der Waals surface area contributed by atoms with Gasteiger partial charge in [0.25, 0.3) is 5.91 Å². The van der Waals surface area contributed by atoms with Crippen molar-refractivity contribution in [1.29, 1.82) is 0 Å². The van der Waals surface area contributed by atoms with Crippen molar-refractivity contribution in [2.75, 3.05) is 12.3 Å². The Kier molecular flexibility index (Phi) is 3.92. The van der Waals surface area contributed by atoms with Crippen LogP contribution in [0.2, 0.25) is 0 Å². The molecule has 1 fully saturated rings. The average molecular weight is 352 g/mol. The third kappa shape index (κ3) is 2.57. The number of carbonyl (C=O) groups excluding carboxylic acids is 1. The molecule has 1 aliphatic rings. The van der Waals surface area contributed by atoms with Crippen molar-refractivity contribution in [2.45, 2.75) is 32.7 Å². The molecule has 5 nitrogen and oxygen atoms in total. The van der Waals surface area contributed by atoms with E-state index in [4.69, 9.17) is 5.73 Å². The third-order valence-corrected chi connectivity index (χ3v) is 6.11. The summed E-state index contributed by atoms with van der Waals surface area (Å²) in [5.41, 5.74) is 9.92. The van der Waals surface area contributed by atoms with E-state index >= 15 is 0 Å². The van der Waals surface area contributed by atoms with E-state index in [0.29, 0.717) is 10.6 Å². The van der Waals surface area contributed by atoms with Gasteiger partial charge in [-0.15, -0.1) is 16.4 Å². The zero-order valence-electron chi connectivity index (χ0n) is 14.3. The van der Waals surface area contributed by atoms with Crippen LogP contribution in [0.4, 0.5) is 5.69 Å². The van der Waals surface area contributed by atoms with Crippen molar-refractivity contribution in [3.63, 3.8) is 0 Å². The molecule has 2 aromatic heterocycles. The highest BCUT2D eigenvalue weighted by atomic mass is 32.1. The van der Waals surface area contributed by atoms with Crippen LogP contribution in [0.3, 0.4) is 0 Å². The Morgan fingerprint density at radius 3 is 2.76 bits per heavy atom. The number of fused-ring (bicyclic) bond motifs is 1. The highest BCUT2D eigenvalue weighted by molar-refractivity contribution is 7.21. The van der Waals surface area contributed by atoms with E-state index in [1.54, 1.807) is 0 Å². The number of thiophene rings is 1. The average Bonchev–Trinajstić information content (AvgIpc) is 3.24. The van der Waals surface area contributed by atoms with Crippen LogP contribution >= 0.6 is 11.3 Å². The minimum atomic E-state index is 0.00362. The van der Waals surface area contributed by atoms with Crippen LogP contribution in [0.5, 0.6) is 0 Å². The number of amides is 1. The molecule has 1 saturated heterocycles. The lowest BCUT2D eigenvalue weighted by atomic mass is 10.0. The number of nitrogen functional groups attached to an aromatic ring is 1. The number of hydrogen-bond acceptors (Lipinski definition) is 5. The first-order chi connectivity index (χ1) is 12.1. The van der Waals surface area contributed by atoms with E-state index in [2.05, 4.69) is 22.3 Å². The molecule has 6 heteroatoms. The van der Waals surface area contributed by atoms with Crippen LogP contribution in [-0.2, 0) is 0 Å². The highest BCUT2D eigenvalue weighted by Crippen LogP contribution is 2.39. The molecule has 1 atom stereocenters. The number of anilines is 1. The van der Waals surface area contributed by atoms with Gasteiger partial charge in [-0.3, -0.25) is 4.79 Å². The van der Waals surface area contributed by atoms with Gasteiger partial charge in [0.2, 0.25) is 0 Å². The molecular weight excluding hydrogens is 332 g/mol. The van der Waals surface area contributed by atoms with Gasteiger partial charge in [0.15, 0.2) is 0 Å². The first-order valence-corrected chi connectivity index (χ1v) is 9.27. The van der Waals surface area contributed by atoms with Gasteiger partial charge in [-0.05, 0) is 37.8 Å². The Bertz CT molecular complexity index is 951. The fourth-order valence-corrected chi connectivity index (χ4v) is 4.62. The predicted molar refractivity (Wildman–Crippen MR) is 101 cm³/mol. The molecule has 25 heavy (non-hydrogen) atoms. The third-order valence-electron chi connectivity index (χ3n) is 5.03. The molecular formula is C19H20N4OS. The summed E-state index contributed by atoms with van der Waals surface area (Å²) < 4.78 is 0. The lowest BCUT2D eigenvalue weighted by Crippen LogP contribution is -2.30. The zero-order valence-corrected chi connectivity index (χ0v) is 15.1. The molecule has 0 bridgehead atoms. The summed E-state index contributed by atoms with van der Waals surface area (Å²) in [4.78, 5) is 16.5. The van der Waals surface area contributed by atoms with Gasteiger partial charge in [0, 0.05) is 11.9 Å². The number of nitrogens with two attached hydrogens (primary N) is 1. The fourth-order valence-electron chi connectivity index (χ4n) is 3.56. The number of likely N-dealkylation sites (tertiary alicyclic amines) is 1. The standard InChI is InChI=1S/C19H20N4OS/c1-11-12(2)21-22-18-15(11)16(20)17(25-18)19(24)23-10-6-9-14(23)13-7-4-3-5-8-13/h3-5,7-8,14H,6,9-10,20H2,1-2H3. The van der Waals surface area contributed by atoms with Gasteiger partial charge in [-0.25, -0.2) is 0 Å². The summed E-state index contributed by atoms with van der Waals surface area (Å²) in [7, 11) is 0. The van der Waals surface area contributed by atoms with Gasteiger partial charge in [0.1, 0.15) is 9.71 Å². The van der Waals surface area contributed by atoms with Gasteiger partial charge < -0.3 is 10.6 Å². The van der Waals surface area contributed by atoms with Crippen LogP contribution in [0.1, 0.15) is 45.4 Å². The van der Waals surface area contributed by atoms with Gasteiger partial charge >= 0.3 is 0 Å². The van der Waals surface area contributed by atoms with Crippen molar-refractivity contribution in [3.05, 3.63) is 52.0 Å². The highest BCUT2D eigenvalue weighted by Gasteiger charge is 2.33. The molecule has 1 unspecified atom stereocenters. The number of rotatable bonds is 2. The first kappa shape index (κ1) is 16.0. The number of benzene rings is 1. The molecule has 128 valence electrons. The summed E-state index contributed by atoms with van der Waals surface area (Å²) in [6.45, 7) is 4.65. The first-order valence-electron chi connectivity index (χ1n) is 8.45. The van der Waals surface area contributed by atoms with Crippen LogP contribution in [-0.4, -0.2) is 27.5 Å². The Morgan fingerprint density at radius 2 is 2.00 bits per heavy atom. The van der Waals surface area contributed by atoms with Crippen LogP contribution in [0, 0.1) is 13.8 Å². The normalized spacial score (nSPS) is 17.4. The van der Waals surface area contributed by atoms with E-state index in [1.165, 1.54) is 16.9 Å². The van der Waals surface area contributed by atoms with Crippen molar-refractivity contribution in [3.8, 4) is 0 Å².